The van der Waals surface area contributed by atoms with Gasteiger partial charge in [0.05, 0.1) is 0 Å². The molecule has 2 saturated heterocycles. The molecule has 5 heteroatoms. The fraction of sp³-hybridized carbons (Fsp3) is 0.667. The zero-order valence-electron chi connectivity index (χ0n) is 9.84. The Morgan fingerprint density at radius 3 is 2.65 bits per heavy atom. The van der Waals surface area contributed by atoms with Gasteiger partial charge in [0.15, 0.2) is 0 Å². The first kappa shape index (κ1) is 11.8. The van der Waals surface area contributed by atoms with E-state index >= 15 is 0 Å². The van der Waals surface area contributed by atoms with Crippen LogP contribution < -0.4 is 4.90 Å². The minimum absolute atomic E-state index is 0.669. The summed E-state index contributed by atoms with van der Waals surface area (Å²) in [6, 6.07) is 3.47. The van der Waals surface area contributed by atoms with Crippen LogP contribution in [0.15, 0.2) is 17.4 Å². The van der Waals surface area contributed by atoms with Crippen LogP contribution in [-0.2, 0) is 0 Å². The Hall–Kier alpha value is -0.290. The first-order valence-corrected chi connectivity index (χ1v) is 8.20. The highest BCUT2D eigenvalue weighted by Crippen LogP contribution is 2.40. The smallest absolute Gasteiger partial charge is 0.133 e. The van der Waals surface area contributed by atoms with Crippen LogP contribution in [0.3, 0.4) is 0 Å². The molecule has 0 N–H and O–H groups in total. The molecule has 0 spiro atoms. The van der Waals surface area contributed by atoms with E-state index in [1.807, 2.05) is 0 Å². The van der Waals surface area contributed by atoms with E-state index < -0.39 is 0 Å². The van der Waals surface area contributed by atoms with Crippen molar-refractivity contribution in [1.29, 1.82) is 0 Å². The van der Waals surface area contributed by atoms with E-state index in [4.69, 9.17) is 0 Å². The van der Waals surface area contributed by atoms with E-state index in [-0.39, 0.29) is 0 Å². The molecule has 1 aromatic heterocycles. The van der Waals surface area contributed by atoms with E-state index in [2.05, 4.69) is 43.1 Å². The Morgan fingerprint density at radius 1 is 1.29 bits per heavy atom. The first-order valence-electron chi connectivity index (χ1n) is 6.06. The van der Waals surface area contributed by atoms with Crippen LogP contribution in [0.1, 0.15) is 25.7 Å². The molecule has 0 radical (unpaired) electrons. The molecule has 3 heterocycles. The average Bonchev–Trinajstić information content (AvgIpc) is 2.62. The summed E-state index contributed by atoms with van der Waals surface area (Å²) in [4.78, 5) is 11.9. The SMILES string of the molecule is CSc1cc(N2C3CCC2CC(Br)C3)ncn1. The summed E-state index contributed by atoms with van der Waals surface area (Å²) in [6.07, 6.45) is 8.87. The standard InChI is InChI=1S/C12H16BrN3S/c1-17-12-6-11(14-7-15-12)16-9-2-3-10(16)5-8(13)4-9/h6-10H,2-5H2,1H3. The molecule has 0 aliphatic carbocycles. The lowest BCUT2D eigenvalue weighted by Crippen LogP contribution is -2.43. The molecule has 3 rings (SSSR count). The third-order valence-corrected chi connectivity index (χ3v) is 5.17. The van der Waals surface area contributed by atoms with Crippen molar-refractivity contribution < 1.29 is 0 Å². The zero-order valence-corrected chi connectivity index (χ0v) is 12.2. The van der Waals surface area contributed by atoms with Gasteiger partial charge in [-0.05, 0) is 31.9 Å². The highest BCUT2D eigenvalue weighted by Gasteiger charge is 2.40. The summed E-state index contributed by atoms with van der Waals surface area (Å²) < 4.78 is 0. The van der Waals surface area contributed by atoms with Gasteiger partial charge in [0.1, 0.15) is 17.2 Å². The van der Waals surface area contributed by atoms with Crippen LogP contribution in [-0.4, -0.2) is 33.1 Å². The highest BCUT2D eigenvalue weighted by molar-refractivity contribution is 9.09. The molecular formula is C12H16BrN3S. The molecule has 1 aromatic rings. The quantitative estimate of drug-likeness (QED) is 0.476. The zero-order chi connectivity index (χ0) is 11.8. The Balaban J connectivity index is 1.89. The van der Waals surface area contributed by atoms with Crippen LogP contribution in [0.5, 0.6) is 0 Å². The molecule has 0 aromatic carbocycles. The number of fused-ring (bicyclic) bond motifs is 2. The van der Waals surface area contributed by atoms with E-state index in [9.17, 15) is 0 Å². The molecular weight excluding hydrogens is 298 g/mol. The Morgan fingerprint density at radius 2 is 2.00 bits per heavy atom. The molecule has 92 valence electrons. The van der Waals surface area contributed by atoms with Crippen molar-refractivity contribution in [3.05, 3.63) is 12.4 Å². The number of halogens is 1. The largest absolute Gasteiger partial charge is 0.350 e. The van der Waals surface area contributed by atoms with Crippen LogP contribution in [0.25, 0.3) is 0 Å². The molecule has 2 fully saturated rings. The Kier molecular flexibility index (Phi) is 3.30. The van der Waals surface area contributed by atoms with Crippen LogP contribution in [0.4, 0.5) is 5.82 Å². The summed E-state index contributed by atoms with van der Waals surface area (Å²) in [7, 11) is 0. The third kappa shape index (κ3) is 2.19. The predicted octanol–water partition coefficient (Wildman–Crippen LogP) is 3.09. The summed E-state index contributed by atoms with van der Waals surface area (Å²) >= 11 is 5.46. The summed E-state index contributed by atoms with van der Waals surface area (Å²) in [5.74, 6) is 1.12. The van der Waals surface area contributed by atoms with Crippen LogP contribution in [0, 0.1) is 0 Å². The van der Waals surface area contributed by atoms with Crippen molar-refractivity contribution in [3.63, 3.8) is 0 Å². The topological polar surface area (TPSA) is 29.0 Å². The van der Waals surface area contributed by atoms with Crippen LogP contribution >= 0.6 is 27.7 Å². The number of hydrogen-bond donors (Lipinski definition) is 0. The number of piperidine rings is 1. The van der Waals surface area contributed by atoms with Gasteiger partial charge in [0.25, 0.3) is 0 Å². The molecule has 3 nitrogen and oxygen atoms in total. The number of nitrogens with zero attached hydrogens (tertiary/aromatic N) is 3. The minimum Gasteiger partial charge on any atom is -0.350 e. The highest BCUT2D eigenvalue weighted by atomic mass is 79.9. The molecule has 2 aliphatic heterocycles. The fourth-order valence-electron chi connectivity index (χ4n) is 3.07. The number of alkyl halides is 1. The van der Waals surface area contributed by atoms with E-state index in [0.717, 1.165) is 10.8 Å². The summed E-state index contributed by atoms with van der Waals surface area (Å²) in [6.45, 7) is 0. The first-order chi connectivity index (χ1) is 8.28. The summed E-state index contributed by atoms with van der Waals surface area (Å²) in [5.41, 5.74) is 0. The lowest BCUT2D eigenvalue weighted by molar-refractivity contribution is 0.478. The fourth-order valence-corrected chi connectivity index (χ4v) is 4.31. The molecule has 0 amide bonds. The van der Waals surface area contributed by atoms with Gasteiger partial charge in [0, 0.05) is 23.0 Å². The monoisotopic (exact) mass is 313 g/mol. The molecule has 2 atom stereocenters. The molecule has 2 aliphatic rings. The number of aromatic nitrogens is 2. The normalized spacial score (nSPS) is 31.9. The Bertz CT molecular complexity index is 400. The molecule has 2 unspecified atom stereocenters. The third-order valence-electron chi connectivity index (χ3n) is 3.78. The average molecular weight is 314 g/mol. The number of thioether (sulfide) groups is 1. The van der Waals surface area contributed by atoms with Crippen molar-refractivity contribution in [2.45, 2.75) is 47.6 Å². The van der Waals surface area contributed by atoms with Gasteiger partial charge < -0.3 is 4.90 Å². The van der Waals surface area contributed by atoms with Crippen molar-refractivity contribution in [3.8, 4) is 0 Å². The van der Waals surface area contributed by atoms with Gasteiger partial charge in [-0.15, -0.1) is 11.8 Å². The van der Waals surface area contributed by atoms with Gasteiger partial charge >= 0.3 is 0 Å². The predicted molar refractivity (Wildman–Crippen MR) is 75.1 cm³/mol. The second kappa shape index (κ2) is 4.76. The molecule has 17 heavy (non-hydrogen) atoms. The van der Waals surface area contributed by atoms with Crippen molar-refractivity contribution >= 4 is 33.5 Å². The number of anilines is 1. The lowest BCUT2D eigenvalue weighted by Gasteiger charge is -2.38. The number of rotatable bonds is 2. The van der Waals surface area contributed by atoms with Crippen LogP contribution in [0.2, 0.25) is 0 Å². The van der Waals surface area contributed by atoms with Gasteiger partial charge in [-0.2, -0.15) is 0 Å². The molecule has 2 bridgehead atoms. The van der Waals surface area contributed by atoms with E-state index in [1.165, 1.54) is 25.7 Å². The van der Waals surface area contributed by atoms with Crippen molar-refractivity contribution in [2.75, 3.05) is 11.2 Å². The maximum absolute atomic E-state index is 4.46. The van der Waals surface area contributed by atoms with E-state index in [1.54, 1.807) is 18.1 Å². The van der Waals surface area contributed by atoms with Gasteiger partial charge in [0.2, 0.25) is 0 Å². The number of hydrogen-bond acceptors (Lipinski definition) is 4. The molecule has 0 saturated carbocycles. The maximum Gasteiger partial charge on any atom is 0.133 e. The lowest BCUT2D eigenvalue weighted by atomic mass is 10.0. The Labute approximate surface area is 115 Å². The second-order valence-electron chi connectivity index (χ2n) is 4.78. The second-order valence-corrected chi connectivity index (χ2v) is 6.90. The minimum atomic E-state index is 0.669. The summed E-state index contributed by atoms with van der Waals surface area (Å²) in [5, 5.41) is 1.07. The maximum atomic E-state index is 4.46. The van der Waals surface area contributed by atoms with Gasteiger partial charge in [-0.3, -0.25) is 0 Å². The van der Waals surface area contributed by atoms with Crippen molar-refractivity contribution in [1.82, 2.24) is 9.97 Å². The van der Waals surface area contributed by atoms with E-state index in [0.29, 0.717) is 16.9 Å². The van der Waals surface area contributed by atoms with Gasteiger partial charge in [-0.1, -0.05) is 15.9 Å². The van der Waals surface area contributed by atoms with Crippen molar-refractivity contribution in [2.24, 2.45) is 0 Å². The van der Waals surface area contributed by atoms with Gasteiger partial charge in [-0.25, -0.2) is 9.97 Å².